The molecule has 1 fully saturated rings. The Hall–Kier alpha value is -2.65. The van der Waals surface area contributed by atoms with Gasteiger partial charge in [0.05, 0.1) is 12.8 Å². The van der Waals surface area contributed by atoms with Crippen LogP contribution in [0.3, 0.4) is 0 Å². The maximum Gasteiger partial charge on any atom is 0.331 e. The van der Waals surface area contributed by atoms with Gasteiger partial charge in [-0.1, -0.05) is 0 Å². The van der Waals surface area contributed by atoms with Crippen molar-refractivity contribution in [2.45, 2.75) is 0 Å². The van der Waals surface area contributed by atoms with E-state index >= 15 is 0 Å². The van der Waals surface area contributed by atoms with E-state index in [0.717, 1.165) is 0 Å². The van der Waals surface area contributed by atoms with E-state index in [0.29, 0.717) is 42.4 Å². The summed E-state index contributed by atoms with van der Waals surface area (Å²) in [6.45, 7) is 2.03. The minimum absolute atomic E-state index is 0.153. The zero-order chi connectivity index (χ0) is 19.9. The summed E-state index contributed by atoms with van der Waals surface area (Å²) in [4.78, 5) is 39.5. The van der Waals surface area contributed by atoms with E-state index in [2.05, 4.69) is 15.9 Å². The third-order valence-electron chi connectivity index (χ3n) is 4.14. The maximum absolute atomic E-state index is 12.2. The SMILES string of the molecule is O=C(COC(=O)/C=C/c1ccc(Br)o1)CN1CCN(C(=O)c2ccco2)CC1. The smallest absolute Gasteiger partial charge is 0.331 e. The molecular formula is C19H19BrN2O6. The second kappa shape index (κ2) is 9.52. The van der Waals surface area contributed by atoms with Gasteiger partial charge in [0, 0.05) is 32.3 Å². The molecule has 2 aromatic rings. The molecular weight excluding hydrogens is 432 g/mol. The summed E-state index contributed by atoms with van der Waals surface area (Å²) in [5.41, 5.74) is 0. The summed E-state index contributed by atoms with van der Waals surface area (Å²) in [6, 6.07) is 6.70. The van der Waals surface area contributed by atoms with Crippen LogP contribution in [0.2, 0.25) is 0 Å². The van der Waals surface area contributed by atoms with Crippen LogP contribution in [0.1, 0.15) is 16.3 Å². The molecule has 3 heterocycles. The number of Topliss-reactive ketones (excluding diaryl/α,β-unsaturated/α-hetero) is 1. The number of esters is 1. The van der Waals surface area contributed by atoms with Crippen LogP contribution >= 0.6 is 15.9 Å². The largest absolute Gasteiger partial charge is 0.459 e. The highest BCUT2D eigenvalue weighted by Crippen LogP contribution is 2.15. The minimum Gasteiger partial charge on any atom is -0.459 e. The van der Waals surface area contributed by atoms with Crippen molar-refractivity contribution < 1.29 is 28.0 Å². The number of hydrogen-bond acceptors (Lipinski definition) is 7. The van der Waals surface area contributed by atoms with Crippen molar-refractivity contribution in [2.24, 2.45) is 0 Å². The number of piperazine rings is 1. The summed E-state index contributed by atoms with van der Waals surface area (Å²) in [5, 5.41) is 0. The summed E-state index contributed by atoms with van der Waals surface area (Å²) in [7, 11) is 0. The summed E-state index contributed by atoms with van der Waals surface area (Å²) < 4.78 is 15.9. The second-order valence-corrected chi connectivity index (χ2v) is 6.95. The normalized spacial score (nSPS) is 15.1. The molecule has 0 unspecified atom stereocenters. The molecule has 0 saturated carbocycles. The van der Waals surface area contributed by atoms with Gasteiger partial charge in [-0.05, 0) is 46.3 Å². The molecule has 28 heavy (non-hydrogen) atoms. The van der Waals surface area contributed by atoms with Crippen molar-refractivity contribution in [3.8, 4) is 0 Å². The average Bonchev–Trinajstić information content (AvgIpc) is 3.36. The van der Waals surface area contributed by atoms with Gasteiger partial charge in [0.1, 0.15) is 5.76 Å². The van der Waals surface area contributed by atoms with Gasteiger partial charge in [0.25, 0.3) is 5.91 Å². The zero-order valence-corrected chi connectivity index (χ0v) is 16.6. The Bertz CT molecular complexity index is 850. The van der Waals surface area contributed by atoms with Crippen molar-refractivity contribution in [1.82, 2.24) is 9.80 Å². The fourth-order valence-corrected chi connectivity index (χ4v) is 3.05. The van der Waals surface area contributed by atoms with Crippen LogP contribution in [0.4, 0.5) is 0 Å². The Labute approximate surface area is 169 Å². The van der Waals surface area contributed by atoms with Crippen molar-refractivity contribution in [2.75, 3.05) is 39.3 Å². The lowest BCUT2D eigenvalue weighted by molar-refractivity contribution is -0.143. The molecule has 2 aromatic heterocycles. The van der Waals surface area contributed by atoms with E-state index in [9.17, 15) is 14.4 Å². The van der Waals surface area contributed by atoms with Crippen LogP contribution < -0.4 is 0 Å². The highest BCUT2D eigenvalue weighted by atomic mass is 79.9. The van der Waals surface area contributed by atoms with Crippen LogP contribution in [0.5, 0.6) is 0 Å². The molecule has 0 N–H and O–H groups in total. The summed E-state index contributed by atoms with van der Waals surface area (Å²) in [6.07, 6.45) is 4.14. The molecule has 0 aliphatic carbocycles. The Morgan fingerprint density at radius 1 is 1.14 bits per heavy atom. The van der Waals surface area contributed by atoms with Crippen molar-refractivity contribution >= 4 is 39.7 Å². The minimum atomic E-state index is -0.616. The first-order chi connectivity index (χ1) is 13.5. The number of ether oxygens (including phenoxy) is 1. The first-order valence-electron chi connectivity index (χ1n) is 8.68. The zero-order valence-electron chi connectivity index (χ0n) is 15.0. The first-order valence-corrected chi connectivity index (χ1v) is 9.47. The molecule has 0 bridgehead atoms. The lowest BCUT2D eigenvalue weighted by Crippen LogP contribution is -2.50. The molecule has 148 valence electrons. The van der Waals surface area contributed by atoms with Gasteiger partial charge in [-0.15, -0.1) is 0 Å². The lowest BCUT2D eigenvalue weighted by Gasteiger charge is -2.33. The summed E-state index contributed by atoms with van der Waals surface area (Å²) >= 11 is 3.17. The Balaban J connectivity index is 1.36. The lowest BCUT2D eigenvalue weighted by atomic mass is 10.2. The van der Waals surface area contributed by atoms with E-state index in [-0.39, 0.29) is 24.8 Å². The molecule has 9 heteroatoms. The number of halogens is 1. The third-order valence-corrected chi connectivity index (χ3v) is 4.57. The van der Waals surface area contributed by atoms with Crippen LogP contribution in [-0.4, -0.2) is 66.8 Å². The molecule has 1 saturated heterocycles. The first kappa shape index (κ1) is 20.1. The fourth-order valence-electron chi connectivity index (χ4n) is 2.73. The molecule has 0 spiro atoms. The van der Waals surface area contributed by atoms with E-state index in [1.54, 1.807) is 29.2 Å². The van der Waals surface area contributed by atoms with Gasteiger partial charge in [-0.3, -0.25) is 14.5 Å². The molecule has 0 radical (unpaired) electrons. The number of amides is 1. The predicted molar refractivity (Wildman–Crippen MR) is 102 cm³/mol. The second-order valence-electron chi connectivity index (χ2n) is 6.17. The Morgan fingerprint density at radius 2 is 1.93 bits per heavy atom. The number of furan rings is 2. The van der Waals surface area contributed by atoms with Crippen LogP contribution in [0.15, 0.2) is 50.1 Å². The summed E-state index contributed by atoms with van der Waals surface area (Å²) in [5.74, 6) is -0.160. The molecule has 8 nitrogen and oxygen atoms in total. The highest BCUT2D eigenvalue weighted by molar-refractivity contribution is 9.10. The average molecular weight is 451 g/mol. The molecule has 3 rings (SSSR count). The number of carbonyl (C=O) groups excluding carboxylic acids is 3. The van der Waals surface area contributed by atoms with Crippen LogP contribution in [-0.2, 0) is 14.3 Å². The Morgan fingerprint density at radius 3 is 2.57 bits per heavy atom. The standard InChI is InChI=1S/C19H19BrN2O6/c20-17-5-3-15(28-17)4-6-18(24)27-13-14(23)12-21-7-9-22(10-8-21)19(25)16-2-1-11-26-16/h1-6,11H,7-10,12-13H2/b6-4+. The number of carbonyl (C=O) groups is 3. The number of ketones is 1. The third kappa shape index (κ3) is 5.67. The monoisotopic (exact) mass is 450 g/mol. The van der Waals surface area contributed by atoms with E-state index in [4.69, 9.17) is 13.6 Å². The van der Waals surface area contributed by atoms with E-state index < -0.39 is 5.97 Å². The maximum atomic E-state index is 12.2. The fraction of sp³-hybridized carbons (Fsp3) is 0.316. The van der Waals surface area contributed by atoms with E-state index in [1.807, 2.05) is 4.90 Å². The van der Waals surface area contributed by atoms with Crippen molar-refractivity contribution in [3.05, 3.63) is 52.8 Å². The van der Waals surface area contributed by atoms with Gasteiger partial charge in [0.2, 0.25) is 0 Å². The topological polar surface area (TPSA) is 93.2 Å². The molecule has 0 atom stereocenters. The number of rotatable bonds is 7. The van der Waals surface area contributed by atoms with Crippen LogP contribution in [0.25, 0.3) is 6.08 Å². The highest BCUT2D eigenvalue weighted by Gasteiger charge is 2.24. The van der Waals surface area contributed by atoms with Crippen molar-refractivity contribution in [3.63, 3.8) is 0 Å². The predicted octanol–water partition coefficient (Wildman–Crippen LogP) is 2.22. The van der Waals surface area contributed by atoms with Crippen LogP contribution in [0, 0.1) is 0 Å². The van der Waals surface area contributed by atoms with Gasteiger partial charge in [-0.25, -0.2) is 4.79 Å². The Kier molecular flexibility index (Phi) is 6.83. The van der Waals surface area contributed by atoms with Gasteiger partial charge in [0.15, 0.2) is 22.8 Å². The quantitative estimate of drug-likeness (QED) is 0.471. The molecule has 1 amide bonds. The van der Waals surface area contributed by atoms with Gasteiger partial charge in [-0.2, -0.15) is 0 Å². The number of nitrogens with zero attached hydrogens (tertiary/aromatic N) is 2. The number of hydrogen-bond donors (Lipinski definition) is 0. The van der Waals surface area contributed by atoms with E-state index in [1.165, 1.54) is 18.4 Å². The van der Waals surface area contributed by atoms with Crippen molar-refractivity contribution in [1.29, 1.82) is 0 Å². The molecule has 0 aromatic carbocycles. The van der Waals surface area contributed by atoms with Gasteiger partial charge >= 0.3 is 5.97 Å². The molecule has 1 aliphatic rings. The molecule has 1 aliphatic heterocycles. The van der Waals surface area contributed by atoms with Gasteiger partial charge < -0.3 is 18.5 Å².